The van der Waals surface area contributed by atoms with E-state index < -0.39 is 27.8 Å². The first kappa shape index (κ1) is 23.7. The highest BCUT2D eigenvalue weighted by Crippen LogP contribution is 2.30. The zero-order valence-electron chi connectivity index (χ0n) is 18.8. The molecule has 0 fully saturated rings. The molecule has 1 N–H and O–H groups in total. The molecule has 1 atom stereocenters. The molecule has 0 saturated heterocycles. The van der Waals surface area contributed by atoms with Gasteiger partial charge in [-0.15, -0.1) is 0 Å². The first-order chi connectivity index (χ1) is 16.3. The molecule has 178 valence electrons. The summed E-state index contributed by atoms with van der Waals surface area (Å²) < 4.78 is 52.1. The Labute approximate surface area is 198 Å². The van der Waals surface area contributed by atoms with E-state index in [1.807, 2.05) is 24.3 Å². The number of fused-ring (bicyclic) bond motifs is 1. The van der Waals surface area contributed by atoms with Gasteiger partial charge in [-0.05, 0) is 60.0 Å². The van der Waals surface area contributed by atoms with Gasteiger partial charge < -0.3 is 14.8 Å². The Bertz CT molecular complexity index is 1290. The van der Waals surface area contributed by atoms with Gasteiger partial charge in [0.05, 0.1) is 19.1 Å². The number of hydrogen-bond acceptors (Lipinski definition) is 5. The van der Waals surface area contributed by atoms with Crippen LogP contribution in [0.5, 0.6) is 11.5 Å². The van der Waals surface area contributed by atoms with Crippen LogP contribution >= 0.6 is 0 Å². The van der Waals surface area contributed by atoms with Crippen LogP contribution in [0, 0.1) is 5.82 Å². The van der Waals surface area contributed by atoms with Gasteiger partial charge >= 0.3 is 0 Å². The Balaban J connectivity index is 1.63. The molecule has 34 heavy (non-hydrogen) atoms. The lowest BCUT2D eigenvalue weighted by molar-refractivity contribution is -0.125. The molecule has 0 radical (unpaired) electrons. The van der Waals surface area contributed by atoms with E-state index in [1.165, 1.54) is 23.5 Å². The molecule has 3 aromatic carbocycles. The Morgan fingerprint density at radius 3 is 2.41 bits per heavy atom. The number of nitrogens with zero attached hydrogens (tertiary/aromatic N) is 1. The van der Waals surface area contributed by atoms with Crippen LogP contribution in [-0.4, -0.2) is 38.9 Å². The van der Waals surface area contributed by atoms with Crippen molar-refractivity contribution in [3.8, 4) is 11.5 Å². The average Bonchev–Trinajstić information content (AvgIpc) is 2.86. The molecule has 0 bridgehead atoms. The van der Waals surface area contributed by atoms with Gasteiger partial charge in [-0.2, -0.15) is 4.31 Å². The number of ether oxygens (including phenoxy) is 2. The molecule has 0 aliphatic carbocycles. The summed E-state index contributed by atoms with van der Waals surface area (Å²) in [6.45, 7) is 0.165. The highest BCUT2D eigenvalue weighted by Gasteiger charge is 2.39. The molecule has 9 heteroatoms. The monoisotopic (exact) mass is 484 g/mol. The number of rotatable bonds is 7. The van der Waals surface area contributed by atoms with Crippen LogP contribution in [0.4, 0.5) is 4.39 Å². The molecule has 0 spiro atoms. The molecule has 3 aromatic rings. The zero-order valence-corrected chi connectivity index (χ0v) is 19.6. The van der Waals surface area contributed by atoms with E-state index in [2.05, 4.69) is 5.32 Å². The van der Waals surface area contributed by atoms with Gasteiger partial charge in [-0.1, -0.05) is 24.3 Å². The van der Waals surface area contributed by atoms with Crippen molar-refractivity contribution in [1.82, 2.24) is 9.62 Å². The van der Waals surface area contributed by atoms with Gasteiger partial charge in [0.15, 0.2) is 0 Å². The van der Waals surface area contributed by atoms with Gasteiger partial charge in [0.25, 0.3) is 0 Å². The Morgan fingerprint density at radius 2 is 1.74 bits per heavy atom. The number of amides is 1. The molecule has 0 aromatic heterocycles. The van der Waals surface area contributed by atoms with Crippen molar-refractivity contribution in [2.45, 2.75) is 30.4 Å². The molecule has 4 rings (SSSR count). The fourth-order valence-electron chi connectivity index (χ4n) is 4.04. The maximum Gasteiger partial charge on any atom is 0.244 e. The summed E-state index contributed by atoms with van der Waals surface area (Å²) in [5, 5.41) is 2.85. The molecule has 7 nitrogen and oxygen atoms in total. The van der Waals surface area contributed by atoms with E-state index in [4.69, 9.17) is 9.47 Å². The highest BCUT2D eigenvalue weighted by molar-refractivity contribution is 7.89. The number of nitrogens with one attached hydrogen (secondary N) is 1. The third-order valence-corrected chi connectivity index (χ3v) is 7.74. The smallest absolute Gasteiger partial charge is 0.244 e. The lowest BCUT2D eigenvalue weighted by atomic mass is 9.95. The van der Waals surface area contributed by atoms with Crippen LogP contribution in [0.15, 0.2) is 71.6 Å². The second-order valence-electron chi connectivity index (χ2n) is 7.89. The van der Waals surface area contributed by atoms with E-state index in [0.717, 1.165) is 23.3 Å². The van der Waals surface area contributed by atoms with Crippen LogP contribution in [0.25, 0.3) is 0 Å². The molecule has 1 unspecified atom stereocenters. The van der Waals surface area contributed by atoms with Crippen molar-refractivity contribution in [3.63, 3.8) is 0 Å². The SMILES string of the molecule is COc1ccc(OC)c(CNC(=O)C2Cc3ccccc3CN2S(=O)(=O)c2ccc(F)cc2)c1. The van der Waals surface area contributed by atoms with Gasteiger partial charge in [0.2, 0.25) is 15.9 Å². The van der Waals surface area contributed by atoms with Gasteiger partial charge in [0.1, 0.15) is 23.4 Å². The van der Waals surface area contributed by atoms with Crippen LogP contribution in [0.1, 0.15) is 16.7 Å². The minimum absolute atomic E-state index is 0.0381. The number of halogens is 1. The molecule has 1 aliphatic heterocycles. The molecule has 1 heterocycles. The summed E-state index contributed by atoms with van der Waals surface area (Å²) in [7, 11) is -0.988. The van der Waals surface area contributed by atoms with Gasteiger partial charge in [-0.3, -0.25) is 4.79 Å². The van der Waals surface area contributed by atoms with Gasteiger partial charge in [0, 0.05) is 18.7 Å². The van der Waals surface area contributed by atoms with Crippen molar-refractivity contribution in [2.24, 2.45) is 0 Å². The minimum atomic E-state index is -4.06. The zero-order chi connectivity index (χ0) is 24.3. The number of hydrogen-bond donors (Lipinski definition) is 1. The highest BCUT2D eigenvalue weighted by atomic mass is 32.2. The Kier molecular flexibility index (Phi) is 6.85. The Hall–Kier alpha value is -3.43. The normalized spacial score (nSPS) is 15.9. The van der Waals surface area contributed by atoms with E-state index in [-0.39, 0.29) is 24.4 Å². The number of carbonyl (C=O) groups is 1. The topological polar surface area (TPSA) is 84.9 Å². The van der Waals surface area contributed by atoms with Gasteiger partial charge in [-0.25, -0.2) is 12.8 Å². The fraction of sp³-hybridized carbons (Fsp3) is 0.240. The fourth-order valence-corrected chi connectivity index (χ4v) is 5.60. The number of benzene rings is 3. The van der Waals surface area contributed by atoms with Crippen molar-refractivity contribution >= 4 is 15.9 Å². The van der Waals surface area contributed by atoms with E-state index in [0.29, 0.717) is 17.1 Å². The third-order valence-electron chi connectivity index (χ3n) is 5.87. The molecule has 1 aliphatic rings. The second-order valence-corrected chi connectivity index (χ2v) is 9.78. The molecule has 0 saturated carbocycles. The van der Waals surface area contributed by atoms with Crippen molar-refractivity contribution in [2.75, 3.05) is 14.2 Å². The molecular weight excluding hydrogens is 459 g/mol. The summed E-state index contributed by atoms with van der Waals surface area (Å²) in [6.07, 6.45) is 0.220. The van der Waals surface area contributed by atoms with Crippen molar-refractivity contribution < 1.29 is 27.1 Å². The lowest BCUT2D eigenvalue weighted by Gasteiger charge is -2.35. The first-order valence-electron chi connectivity index (χ1n) is 10.7. The van der Waals surface area contributed by atoms with E-state index in [9.17, 15) is 17.6 Å². The predicted molar refractivity (Wildman–Crippen MR) is 124 cm³/mol. The van der Waals surface area contributed by atoms with Crippen LogP contribution in [0.3, 0.4) is 0 Å². The summed E-state index contributed by atoms with van der Waals surface area (Å²) in [6, 6.07) is 16.3. The largest absolute Gasteiger partial charge is 0.497 e. The summed E-state index contributed by atoms with van der Waals surface area (Å²) >= 11 is 0. The second kappa shape index (κ2) is 9.82. The summed E-state index contributed by atoms with van der Waals surface area (Å²) in [5.41, 5.74) is 2.43. The molecular formula is C25H25FN2O5S. The maximum atomic E-state index is 13.5. The molecule has 1 amide bonds. The maximum absolute atomic E-state index is 13.5. The summed E-state index contributed by atoms with van der Waals surface area (Å²) in [5.74, 6) is 0.206. The first-order valence-corrected chi connectivity index (χ1v) is 12.1. The van der Waals surface area contributed by atoms with Crippen LogP contribution < -0.4 is 14.8 Å². The van der Waals surface area contributed by atoms with E-state index >= 15 is 0 Å². The van der Waals surface area contributed by atoms with Crippen molar-refractivity contribution in [3.05, 3.63) is 89.2 Å². The number of sulfonamides is 1. The minimum Gasteiger partial charge on any atom is -0.497 e. The number of methoxy groups -OCH3 is 2. The van der Waals surface area contributed by atoms with Crippen LogP contribution in [-0.2, 0) is 34.3 Å². The standard InChI is InChI=1S/C25H25FN2O5S/c1-32-21-9-12-24(33-2)19(13-21)15-27-25(29)23-14-17-5-3-4-6-18(17)16-28(23)34(30,31)22-10-7-20(26)8-11-22/h3-13,23H,14-16H2,1-2H3,(H,27,29). The Morgan fingerprint density at radius 1 is 1.03 bits per heavy atom. The predicted octanol–water partition coefficient (Wildman–Crippen LogP) is 3.27. The number of carbonyl (C=O) groups excluding carboxylic acids is 1. The third kappa shape index (κ3) is 4.76. The van der Waals surface area contributed by atoms with Crippen molar-refractivity contribution in [1.29, 1.82) is 0 Å². The quantitative estimate of drug-likeness (QED) is 0.557. The van der Waals surface area contributed by atoms with E-state index in [1.54, 1.807) is 25.3 Å². The van der Waals surface area contributed by atoms with Crippen LogP contribution in [0.2, 0.25) is 0 Å². The lowest BCUT2D eigenvalue weighted by Crippen LogP contribution is -2.52. The summed E-state index contributed by atoms with van der Waals surface area (Å²) in [4.78, 5) is 13.3. The average molecular weight is 485 g/mol.